The van der Waals surface area contributed by atoms with Gasteiger partial charge in [-0.15, -0.1) is 0 Å². The fraction of sp³-hybridized carbons (Fsp3) is 0.882. The molecule has 0 spiro atoms. The number of carbonyl (C=O) groups excluding carboxylic acids is 1. The van der Waals surface area contributed by atoms with E-state index in [2.05, 4.69) is 36.0 Å². The van der Waals surface area contributed by atoms with E-state index in [-0.39, 0.29) is 11.9 Å². The molecule has 1 fully saturated rings. The van der Waals surface area contributed by atoms with Gasteiger partial charge in [-0.2, -0.15) is 0 Å². The SMILES string of the molecule is CCNC(=NCCOCCC(C)C)N1CCC(C(=O)OC)CC1. The molecule has 0 radical (unpaired) electrons. The predicted molar refractivity (Wildman–Crippen MR) is 92.6 cm³/mol. The summed E-state index contributed by atoms with van der Waals surface area (Å²) < 4.78 is 10.4. The normalized spacial score (nSPS) is 16.7. The monoisotopic (exact) mass is 327 g/mol. The molecule has 6 heteroatoms. The van der Waals surface area contributed by atoms with Crippen molar-refractivity contribution in [1.29, 1.82) is 0 Å². The van der Waals surface area contributed by atoms with E-state index >= 15 is 0 Å². The zero-order chi connectivity index (χ0) is 17.1. The van der Waals surface area contributed by atoms with E-state index in [0.29, 0.717) is 19.1 Å². The van der Waals surface area contributed by atoms with Gasteiger partial charge in [-0.05, 0) is 32.1 Å². The highest BCUT2D eigenvalue weighted by atomic mass is 16.5. The van der Waals surface area contributed by atoms with E-state index in [1.165, 1.54) is 7.11 Å². The van der Waals surface area contributed by atoms with Crippen molar-refractivity contribution in [2.75, 3.05) is 46.5 Å². The quantitative estimate of drug-likeness (QED) is 0.319. The second kappa shape index (κ2) is 11.3. The van der Waals surface area contributed by atoms with Gasteiger partial charge >= 0.3 is 5.97 Å². The van der Waals surface area contributed by atoms with Crippen LogP contribution in [0, 0.1) is 11.8 Å². The van der Waals surface area contributed by atoms with Crippen LogP contribution in [0.4, 0.5) is 0 Å². The smallest absolute Gasteiger partial charge is 0.308 e. The standard InChI is InChI=1S/C17H33N3O3/c1-5-18-17(19-9-13-23-12-8-14(2)3)20-10-6-15(7-11-20)16(21)22-4/h14-15H,5-13H2,1-4H3,(H,18,19). The Labute approximate surface area is 140 Å². The van der Waals surface area contributed by atoms with Gasteiger partial charge in [0.1, 0.15) is 0 Å². The van der Waals surface area contributed by atoms with Gasteiger partial charge < -0.3 is 19.7 Å². The summed E-state index contributed by atoms with van der Waals surface area (Å²) in [5.41, 5.74) is 0. The lowest BCUT2D eigenvalue weighted by Crippen LogP contribution is -2.46. The van der Waals surface area contributed by atoms with E-state index in [1.54, 1.807) is 0 Å². The first-order valence-corrected chi connectivity index (χ1v) is 8.77. The molecule has 0 aromatic heterocycles. The van der Waals surface area contributed by atoms with Gasteiger partial charge in [-0.25, -0.2) is 0 Å². The molecule has 0 aromatic carbocycles. The van der Waals surface area contributed by atoms with Crippen molar-refractivity contribution in [1.82, 2.24) is 10.2 Å². The number of rotatable bonds is 8. The van der Waals surface area contributed by atoms with Crippen LogP contribution in [-0.2, 0) is 14.3 Å². The van der Waals surface area contributed by atoms with Gasteiger partial charge in [0.05, 0.1) is 26.2 Å². The molecule has 0 amide bonds. The molecule has 1 aliphatic heterocycles. The summed E-state index contributed by atoms with van der Waals surface area (Å²) >= 11 is 0. The highest BCUT2D eigenvalue weighted by Crippen LogP contribution is 2.18. The number of ether oxygens (including phenoxy) is 2. The molecule has 0 saturated carbocycles. The van der Waals surface area contributed by atoms with Crippen molar-refractivity contribution in [3.63, 3.8) is 0 Å². The lowest BCUT2D eigenvalue weighted by Gasteiger charge is -2.33. The minimum atomic E-state index is -0.0925. The second-order valence-electron chi connectivity index (χ2n) is 6.32. The summed E-state index contributed by atoms with van der Waals surface area (Å²) in [6, 6.07) is 0. The Kier molecular flexibility index (Phi) is 9.67. The summed E-state index contributed by atoms with van der Waals surface area (Å²) in [7, 11) is 1.46. The average molecular weight is 327 g/mol. The number of likely N-dealkylation sites (tertiary alicyclic amines) is 1. The molecule has 1 rings (SSSR count). The van der Waals surface area contributed by atoms with Crippen LogP contribution in [-0.4, -0.2) is 63.3 Å². The Bertz CT molecular complexity index is 364. The van der Waals surface area contributed by atoms with Gasteiger partial charge in [0.25, 0.3) is 0 Å². The predicted octanol–water partition coefficient (Wildman–Crippen LogP) is 1.90. The largest absolute Gasteiger partial charge is 0.469 e. The Morgan fingerprint density at radius 3 is 2.57 bits per heavy atom. The first kappa shape index (κ1) is 19.7. The molecule has 23 heavy (non-hydrogen) atoms. The number of piperidine rings is 1. The minimum Gasteiger partial charge on any atom is -0.469 e. The maximum Gasteiger partial charge on any atom is 0.308 e. The van der Waals surface area contributed by atoms with E-state index in [1.807, 2.05) is 0 Å². The van der Waals surface area contributed by atoms with Crippen LogP contribution in [0.3, 0.4) is 0 Å². The Hall–Kier alpha value is -1.30. The van der Waals surface area contributed by atoms with Crippen molar-refractivity contribution in [3.05, 3.63) is 0 Å². The van der Waals surface area contributed by atoms with Crippen LogP contribution < -0.4 is 5.32 Å². The van der Waals surface area contributed by atoms with E-state index in [4.69, 9.17) is 9.47 Å². The number of nitrogens with one attached hydrogen (secondary N) is 1. The van der Waals surface area contributed by atoms with Crippen LogP contribution in [0.5, 0.6) is 0 Å². The third kappa shape index (κ3) is 7.68. The number of esters is 1. The van der Waals surface area contributed by atoms with E-state index < -0.39 is 0 Å². The molecular formula is C17H33N3O3. The molecule has 1 aliphatic rings. The average Bonchev–Trinajstić information content (AvgIpc) is 2.56. The van der Waals surface area contributed by atoms with Crippen molar-refractivity contribution in [2.45, 2.75) is 40.0 Å². The Morgan fingerprint density at radius 2 is 2.00 bits per heavy atom. The third-order valence-corrected chi connectivity index (χ3v) is 4.00. The van der Waals surface area contributed by atoms with Gasteiger partial charge in [-0.1, -0.05) is 13.8 Å². The lowest BCUT2D eigenvalue weighted by atomic mass is 9.97. The molecule has 1 N–H and O–H groups in total. The number of aliphatic imine (C=N–C) groups is 1. The van der Waals surface area contributed by atoms with Crippen molar-refractivity contribution < 1.29 is 14.3 Å². The van der Waals surface area contributed by atoms with Crippen LogP contribution in [0.15, 0.2) is 4.99 Å². The third-order valence-electron chi connectivity index (χ3n) is 4.00. The lowest BCUT2D eigenvalue weighted by molar-refractivity contribution is -0.146. The van der Waals surface area contributed by atoms with E-state index in [0.717, 1.165) is 51.5 Å². The first-order chi connectivity index (χ1) is 11.1. The van der Waals surface area contributed by atoms with Gasteiger partial charge in [0.2, 0.25) is 0 Å². The van der Waals surface area contributed by atoms with Crippen LogP contribution >= 0.6 is 0 Å². The fourth-order valence-electron chi connectivity index (χ4n) is 2.56. The second-order valence-corrected chi connectivity index (χ2v) is 6.32. The summed E-state index contributed by atoms with van der Waals surface area (Å²) in [6.07, 6.45) is 2.73. The molecular weight excluding hydrogens is 294 g/mol. The van der Waals surface area contributed by atoms with Crippen molar-refractivity contribution in [2.24, 2.45) is 16.8 Å². The molecule has 0 aliphatic carbocycles. The van der Waals surface area contributed by atoms with Gasteiger partial charge in [-0.3, -0.25) is 9.79 Å². The highest BCUT2D eigenvalue weighted by Gasteiger charge is 2.26. The minimum absolute atomic E-state index is 0.0264. The van der Waals surface area contributed by atoms with Crippen LogP contribution in [0.1, 0.15) is 40.0 Å². The molecule has 1 saturated heterocycles. The molecule has 134 valence electrons. The summed E-state index contributed by atoms with van der Waals surface area (Å²) in [6.45, 7) is 11.1. The number of methoxy groups -OCH3 is 1. The van der Waals surface area contributed by atoms with Gasteiger partial charge in [0.15, 0.2) is 5.96 Å². The number of nitrogens with zero attached hydrogens (tertiary/aromatic N) is 2. The topological polar surface area (TPSA) is 63.2 Å². The first-order valence-electron chi connectivity index (χ1n) is 8.77. The van der Waals surface area contributed by atoms with Crippen LogP contribution in [0.2, 0.25) is 0 Å². The maximum absolute atomic E-state index is 11.6. The number of hydrogen-bond donors (Lipinski definition) is 1. The van der Waals surface area contributed by atoms with Crippen molar-refractivity contribution in [3.8, 4) is 0 Å². The zero-order valence-electron chi connectivity index (χ0n) is 15.1. The summed E-state index contributed by atoms with van der Waals surface area (Å²) in [4.78, 5) is 18.4. The zero-order valence-corrected chi connectivity index (χ0v) is 15.1. The van der Waals surface area contributed by atoms with Gasteiger partial charge in [0, 0.05) is 26.2 Å². The molecule has 1 heterocycles. The number of hydrogen-bond acceptors (Lipinski definition) is 4. The Morgan fingerprint density at radius 1 is 1.30 bits per heavy atom. The molecule has 0 atom stereocenters. The van der Waals surface area contributed by atoms with E-state index in [9.17, 15) is 4.79 Å². The number of guanidine groups is 1. The summed E-state index contributed by atoms with van der Waals surface area (Å²) in [5, 5.41) is 3.32. The van der Waals surface area contributed by atoms with Crippen LogP contribution in [0.25, 0.3) is 0 Å². The van der Waals surface area contributed by atoms with Crippen molar-refractivity contribution >= 4 is 11.9 Å². The number of carbonyl (C=O) groups is 1. The molecule has 0 bridgehead atoms. The summed E-state index contributed by atoms with van der Waals surface area (Å²) in [5.74, 6) is 1.53. The molecule has 0 unspecified atom stereocenters. The Balaban J connectivity index is 2.36. The highest BCUT2D eigenvalue weighted by molar-refractivity contribution is 5.80. The maximum atomic E-state index is 11.6. The molecule has 6 nitrogen and oxygen atoms in total. The molecule has 0 aromatic rings. The fourth-order valence-corrected chi connectivity index (χ4v) is 2.56.